The standard InChI is InChI=1S/C12H15BrClN/c13-12-4-3-11(14)7-10(12)8-15-6-5-9-1-2-9/h3-4,7,9,15H,1-2,5-6,8H2. The van der Waals surface area contributed by atoms with Gasteiger partial charge in [0, 0.05) is 16.0 Å². The van der Waals surface area contributed by atoms with Crippen LogP contribution in [0.25, 0.3) is 0 Å². The van der Waals surface area contributed by atoms with Crippen LogP contribution in [0.2, 0.25) is 5.02 Å². The van der Waals surface area contributed by atoms with Crippen LogP contribution >= 0.6 is 27.5 Å². The zero-order chi connectivity index (χ0) is 10.7. The van der Waals surface area contributed by atoms with Gasteiger partial charge in [-0.2, -0.15) is 0 Å². The van der Waals surface area contributed by atoms with E-state index in [0.29, 0.717) is 0 Å². The predicted octanol–water partition coefficient (Wildman–Crippen LogP) is 3.99. The maximum Gasteiger partial charge on any atom is 0.0410 e. The van der Waals surface area contributed by atoms with Crippen molar-refractivity contribution < 1.29 is 0 Å². The Morgan fingerprint density at radius 3 is 2.93 bits per heavy atom. The Morgan fingerprint density at radius 1 is 1.40 bits per heavy atom. The van der Waals surface area contributed by atoms with Crippen molar-refractivity contribution in [3.63, 3.8) is 0 Å². The lowest BCUT2D eigenvalue weighted by Gasteiger charge is -2.06. The first-order valence-corrected chi connectivity index (χ1v) is 6.57. The molecule has 2 rings (SSSR count). The minimum Gasteiger partial charge on any atom is -0.313 e. The summed E-state index contributed by atoms with van der Waals surface area (Å²) >= 11 is 9.47. The maximum absolute atomic E-state index is 5.94. The molecule has 1 nitrogen and oxygen atoms in total. The highest BCUT2D eigenvalue weighted by Crippen LogP contribution is 2.31. The van der Waals surface area contributed by atoms with Gasteiger partial charge < -0.3 is 5.32 Å². The van der Waals surface area contributed by atoms with Crippen molar-refractivity contribution in [3.8, 4) is 0 Å². The molecular formula is C12H15BrClN. The first-order chi connectivity index (χ1) is 7.25. The van der Waals surface area contributed by atoms with Crippen LogP contribution < -0.4 is 5.32 Å². The average Bonchev–Trinajstić information content (AvgIpc) is 3.01. The van der Waals surface area contributed by atoms with Crippen molar-refractivity contribution in [1.29, 1.82) is 0 Å². The SMILES string of the molecule is Clc1ccc(Br)c(CNCCC2CC2)c1. The summed E-state index contributed by atoms with van der Waals surface area (Å²) in [6.45, 7) is 2.01. The Morgan fingerprint density at radius 2 is 2.20 bits per heavy atom. The van der Waals surface area contributed by atoms with Crippen molar-refractivity contribution in [1.82, 2.24) is 5.32 Å². The van der Waals surface area contributed by atoms with Gasteiger partial charge in [-0.15, -0.1) is 0 Å². The summed E-state index contributed by atoms with van der Waals surface area (Å²) < 4.78 is 1.13. The van der Waals surface area contributed by atoms with Crippen LogP contribution in [-0.4, -0.2) is 6.54 Å². The van der Waals surface area contributed by atoms with Crippen molar-refractivity contribution in [2.75, 3.05) is 6.54 Å². The molecule has 1 N–H and O–H groups in total. The van der Waals surface area contributed by atoms with Gasteiger partial charge in [0.05, 0.1) is 0 Å². The van der Waals surface area contributed by atoms with Crippen molar-refractivity contribution in [2.45, 2.75) is 25.8 Å². The molecule has 1 aliphatic carbocycles. The summed E-state index contributed by atoms with van der Waals surface area (Å²) in [5.41, 5.74) is 1.23. The Labute approximate surface area is 104 Å². The molecule has 0 spiro atoms. The van der Waals surface area contributed by atoms with Crippen molar-refractivity contribution in [2.24, 2.45) is 5.92 Å². The van der Waals surface area contributed by atoms with Gasteiger partial charge in [0.1, 0.15) is 0 Å². The highest BCUT2D eigenvalue weighted by molar-refractivity contribution is 9.10. The van der Waals surface area contributed by atoms with E-state index in [1.165, 1.54) is 24.8 Å². The molecule has 1 fully saturated rings. The molecule has 0 radical (unpaired) electrons. The third-order valence-corrected chi connectivity index (χ3v) is 3.76. The fourth-order valence-corrected chi connectivity index (χ4v) is 2.20. The Bertz CT molecular complexity index is 336. The highest BCUT2D eigenvalue weighted by Gasteiger charge is 2.19. The summed E-state index contributed by atoms with van der Waals surface area (Å²) in [6, 6.07) is 5.91. The summed E-state index contributed by atoms with van der Waals surface area (Å²) in [6.07, 6.45) is 4.18. The van der Waals surface area contributed by atoms with E-state index in [1.807, 2.05) is 18.2 Å². The van der Waals surface area contributed by atoms with Crippen LogP contribution in [0.15, 0.2) is 22.7 Å². The molecule has 0 aromatic heterocycles. The highest BCUT2D eigenvalue weighted by atomic mass is 79.9. The van der Waals surface area contributed by atoms with Crippen LogP contribution in [0.3, 0.4) is 0 Å². The van der Waals surface area contributed by atoms with E-state index >= 15 is 0 Å². The fourth-order valence-electron chi connectivity index (χ4n) is 1.61. The number of rotatable bonds is 5. The molecule has 0 saturated heterocycles. The third kappa shape index (κ3) is 3.78. The first-order valence-electron chi connectivity index (χ1n) is 5.40. The molecule has 82 valence electrons. The van der Waals surface area contributed by atoms with Gasteiger partial charge in [-0.1, -0.05) is 40.4 Å². The van der Waals surface area contributed by atoms with Gasteiger partial charge in [0.2, 0.25) is 0 Å². The lowest BCUT2D eigenvalue weighted by atomic mass is 10.2. The Balaban J connectivity index is 1.78. The van der Waals surface area contributed by atoms with Crippen molar-refractivity contribution in [3.05, 3.63) is 33.3 Å². The van der Waals surface area contributed by atoms with Gasteiger partial charge >= 0.3 is 0 Å². The van der Waals surface area contributed by atoms with E-state index in [-0.39, 0.29) is 0 Å². The smallest absolute Gasteiger partial charge is 0.0410 e. The van der Waals surface area contributed by atoms with E-state index in [0.717, 1.165) is 28.5 Å². The van der Waals surface area contributed by atoms with Gasteiger partial charge in [0.15, 0.2) is 0 Å². The summed E-state index contributed by atoms with van der Waals surface area (Å²) in [5.74, 6) is 1.00. The lowest BCUT2D eigenvalue weighted by molar-refractivity contribution is 0.612. The minimum absolute atomic E-state index is 0.803. The molecule has 0 unspecified atom stereocenters. The van der Waals surface area contributed by atoms with Gasteiger partial charge in [0.25, 0.3) is 0 Å². The normalized spacial score (nSPS) is 15.6. The second-order valence-corrected chi connectivity index (χ2v) is 5.44. The molecule has 0 aliphatic heterocycles. The minimum atomic E-state index is 0.803. The Hall–Kier alpha value is -0.0500. The maximum atomic E-state index is 5.94. The largest absolute Gasteiger partial charge is 0.313 e. The second kappa shape index (κ2) is 5.33. The van der Waals surface area contributed by atoms with Crippen LogP contribution in [0.5, 0.6) is 0 Å². The molecule has 3 heteroatoms. The van der Waals surface area contributed by atoms with Crippen LogP contribution in [0.1, 0.15) is 24.8 Å². The number of halogens is 2. The summed E-state index contributed by atoms with van der Waals surface area (Å²) in [5, 5.41) is 4.26. The topological polar surface area (TPSA) is 12.0 Å². The molecule has 15 heavy (non-hydrogen) atoms. The van der Waals surface area contributed by atoms with E-state index in [4.69, 9.17) is 11.6 Å². The molecule has 1 aromatic rings. The lowest BCUT2D eigenvalue weighted by Crippen LogP contribution is -2.15. The zero-order valence-corrected chi connectivity index (χ0v) is 10.9. The van der Waals surface area contributed by atoms with Gasteiger partial charge in [-0.25, -0.2) is 0 Å². The van der Waals surface area contributed by atoms with Crippen LogP contribution in [0.4, 0.5) is 0 Å². The zero-order valence-electron chi connectivity index (χ0n) is 8.60. The van der Waals surface area contributed by atoms with Crippen LogP contribution in [0, 0.1) is 5.92 Å². The first kappa shape index (κ1) is 11.4. The molecule has 0 heterocycles. The van der Waals surface area contributed by atoms with Gasteiger partial charge in [-0.05, 0) is 42.6 Å². The molecule has 0 bridgehead atoms. The summed E-state index contributed by atoms with van der Waals surface area (Å²) in [4.78, 5) is 0. The molecule has 0 amide bonds. The number of benzene rings is 1. The number of hydrogen-bond acceptors (Lipinski definition) is 1. The number of hydrogen-bond donors (Lipinski definition) is 1. The van der Waals surface area contributed by atoms with E-state index in [9.17, 15) is 0 Å². The van der Waals surface area contributed by atoms with Crippen LogP contribution in [-0.2, 0) is 6.54 Å². The van der Waals surface area contributed by atoms with E-state index < -0.39 is 0 Å². The molecule has 1 saturated carbocycles. The number of nitrogens with one attached hydrogen (secondary N) is 1. The van der Waals surface area contributed by atoms with E-state index in [1.54, 1.807) is 0 Å². The molecular weight excluding hydrogens is 273 g/mol. The molecule has 1 aromatic carbocycles. The molecule has 0 atom stereocenters. The Kier molecular flexibility index (Phi) is 4.06. The average molecular weight is 289 g/mol. The molecule has 1 aliphatic rings. The second-order valence-electron chi connectivity index (χ2n) is 4.14. The van der Waals surface area contributed by atoms with Crippen molar-refractivity contribution >= 4 is 27.5 Å². The predicted molar refractivity (Wildman–Crippen MR) is 68.2 cm³/mol. The summed E-state index contributed by atoms with van der Waals surface area (Å²) in [7, 11) is 0. The third-order valence-electron chi connectivity index (χ3n) is 2.75. The monoisotopic (exact) mass is 287 g/mol. The fraction of sp³-hybridized carbons (Fsp3) is 0.500. The quantitative estimate of drug-likeness (QED) is 0.808. The van der Waals surface area contributed by atoms with Gasteiger partial charge in [-0.3, -0.25) is 0 Å². The van der Waals surface area contributed by atoms with E-state index in [2.05, 4.69) is 21.2 Å².